The highest BCUT2D eigenvalue weighted by Crippen LogP contribution is 2.23. The highest BCUT2D eigenvalue weighted by molar-refractivity contribution is 5.91. The molecule has 0 aliphatic heterocycles. The Morgan fingerprint density at radius 3 is 2.53 bits per heavy atom. The summed E-state index contributed by atoms with van der Waals surface area (Å²) in [5.41, 5.74) is 7.34. The monoisotopic (exact) mass is 262 g/mol. The average molecular weight is 262 g/mol. The molecule has 0 aromatic heterocycles. The van der Waals surface area contributed by atoms with E-state index < -0.39 is 0 Å². The van der Waals surface area contributed by atoms with Crippen LogP contribution in [0, 0.1) is 0 Å². The van der Waals surface area contributed by atoms with Crippen molar-refractivity contribution in [1.82, 2.24) is 4.90 Å². The van der Waals surface area contributed by atoms with Gasteiger partial charge in [0.2, 0.25) is 5.91 Å². The molecule has 0 saturated carbocycles. The molecular formula is C15H22N2O2. The van der Waals surface area contributed by atoms with Crippen molar-refractivity contribution in [3.8, 4) is 5.75 Å². The molecule has 4 nitrogen and oxygen atoms in total. The van der Waals surface area contributed by atoms with Crippen LogP contribution in [0.4, 0.5) is 5.69 Å². The van der Waals surface area contributed by atoms with Gasteiger partial charge in [0.15, 0.2) is 0 Å². The van der Waals surface area contributed by atoms with E-state index in [1.54, 1.807) is 23.1 Å². The molecule has 19 heavy (non-hydrogen) atoms. The molecule has 0 bridgehead atoms. The van der Waals surface area contributed by atoms with Gasteiger partial charge in [0.1, 0.15) is 5.75 Å². The van der Waals surface area contributed by atoms with Crippen molar-refractivity contribution >= 4 is 17.7 Å². The first-order valence-electron chi connectivity index (χ1n) is 6.61. The number of likely N-dealkylation sites (N-methyl/N-ethyl adjacent to an activating group) is 1. The van der Waals surface area contributed by atoms with Crippen molar-refractivity contribution in [2.45, 2.75) is 20.8 Å². The van der Waals surface area contributed by atoms with Gasteiger partial charge >= 0.3 is 0 Å². The van der Waals surface area contributed by atoms with Crippen molar-refractivity contribution in [2.24, 2.45) is 0 Å². The molecule has 0 aliphatic carbocycles. The van der Waals surface area contributed by atoms with Crippen molar-refractivity contribution < 1.29 is 9.53 Å². The lowest BCUT2D eigenvalue weighted by atomic mass is 10.1. The van der Waals surface area contributed by atoms with Gasteiger partial charge in [-0.15, -0.1) is 0 Å². The van der Waals surface area contributed by atoms with E-state index in [1.807, 2.05) is 32.9 Å². The third kappa shape index (κ3) is 4.32. The summed E-state index contributed by atoms with van der Waals surface area (Å²) < 4.78 is 5.37. The summed E-state index contributed by atoms with van der Waals surface area (Å²) in [5, 5.41) is 0. The molecule has 1 rings (SSSR count). The highest BCUT2D eigenvalue weighted by atomic mass is 16.5. The molecule has 0 radical (unpaired) electrons. The molecule has 0 spiro atoms. The summed E-state index contributed by atoms with van der Waals surface area (Å²) in [6.45, 7) is 7.85. The van der Waals surface area contributed by atoms with Gasteiger partial charge in [-0.3, -0.25) is 4.79 Å². The Kier molecular flexibility index (Phi) is 5.93. The van der Waals surface area contributed by atoms with E-state index in [-0.39, 0.29) is 5.91 Å². The SMILES string of the molecule is CCOc1ccc(/C=C\C(=O)N(CC)CC)cc1N. The average Bonchev–Trinajstić information content (AvgIpc) is 2.41. The Morgan fingerprint density at radius 1 is 1.32 bits per heavy atom. The first kappa shape index (κ1) is 15.1. The van der Waals surface area contributed by atoms with Crippen LogP contribution in [0.3, 0.4) is 0 Å². The second kappa shape index (κ2) is 7.46. The van der Waals surface area contributed by atoms with E-state index in [0.29, 0.717) is 31.1 Å². The van der Waals surface area contributed by atoms with Gasteiger partial charge in [-0.2, -0.15) is 0 Å². The van der Waals surface area contributed by atoms with Crippen molar-refractivity contribution in [3.63, 3.8) is 0 Å². The Morgan fingerprint density at radius 2 is 2.00 bits per heavy atom. The molecule has 1 aromatic rings. The molecule has 0 heterocycles. The molecule has 1 aromatic carbocycles. The molecule has 2 N–H and O–H groups in total. The fraction of sp³-hybridized carbons (Fsp3) is 0.400. The molecule has 0 unspecified atom stereocenters. The predicted octanol–water partition coefficient (Wildman–Crippen LogP) is 2.55. The molecule has 0 aliphatic rings. The summed E-state index contributed by atoms with van der Waals surface area (Å²) in [5.74, 6) is 0.687. The van der Waals surface area contributed by atoms with Gasteiger partial charge in [-0.1, -0.05) is 6.07 Å². The maximum atomic E-state index is 11.8. The third-order valence-corrected chi connectivity index (χ3v) is 2.83. The number of anilines is 1. The normalized spacial score (nSPS) is 10.7. The Balaban J connectivity index is 2.77. The highest BCUT2D eigenvalue weighted by Gasteiger charge is 2.05. The molecule has 0 atom stereocenters. The number of amides is 1. The second-order valence-corrected chi connectivity index (χ2v) is 4.07. The van der Waals surface area contributed by atoms with Gasteiger partial charge in [0.05, 0.1) is 12.3 Å². The fourth-order valence-corrected chi connectivity index (χ4v) is 1.77. The molecule has 0 fully saturated rings. The van der Waals surface area contributed by atoms with Crippen LogP contribution < -0.4 is 10.5 Å². The number of ether oxygens (including phenoxy) is 1. The fourth-order valence-electron chi connectivity index (χ4n) is 1.77. The molecule has 1 amide bonds. The summed E-state index contributed by atoms with van der Waals surface area (Å²) in [4.78, 5) is 13.6. The van der Waals surface area contributed by atoms with Crippen LogP contribution in [-0.4, -0.2) is 30.5 Å². The van der Waals surface area contributed by atoms with Crippen LogP contribution >= 0.6 is 0 Å². The molecule has 0 saturated heterocycles. The Labute approximate surface area is 114 Å². The lowest BCUT2D eigenvalue weighted by Gasteiger charge is -2.15. The smallest absolute Gasteiger partial charge is 0.246 e. The second-order valence-electron chi connectivity index (χ2n) is 4.07. The van der Waals surface area contributed by atoms with Gasteiger partial charge in [-0.25, -0.2) is 0 Å². The summed E-state index contributed by atoms with van der Waals surface area (Å²) in [6.07, 6.45) is 3.34. The summed E-state index contributed by atoms with van der Waals surface area (Å²) in [6, 6.07) is 5.50. The van der Waals surface area contributed by atoms with Crippen molar-refractivity contribution in [1.29, 1.82) is 0 Å². The van der Waals surface area contributed by atoms with Crippen molar-refractivity contribution in [2.75, 3.05) is 25.4 Å². The molecular weight excluding hydrogens is 240 g/mol. The van der Waals surface area contributed by atoms with Crippen LogP contribution in [0.5, 0.6) is 5.75 Å². The predicted molar refractivity (Wildman–Crippen MR) is 79.0 cm³/mol. The number of carbonyl (C=O) groups is 1. The molecule has 104 valence electrons. The minimum absolute atomic E-state index is 0.0115. The third-order valence-electron chi connectivity index (χ3n) is 2.83. The number of hydrogen-bond donors (Lipinski definition) is 1. The van der Waals surface area contributed by atoms with Crippen LogP contribution in [0.1, 0.15) is 26.3 Å². The first-order chi connectivity index (χ1) is 9.12. The number of nitrogens with two attached hydrogens (primary N) is 1. The van der Waals surface area contributed by atoms with E-state index in [4.69, 9.17) is 10.5 Å². The number of benzene rings is 1. The number of nitrogens with zero attached hydrogens (tertiary/aromatic N) is 1. The number of hydrogen-bond acceptors (Lipinski definition) is 3. The summed E-state index contributed by atoms with van der Waals surface area (Å²) in [7, 11) is 0. The first-order valence-corrected chi connectivity index (χ1v) is 6.61. The largest absolute Gasteiger partial charge is 0.492 e. The Bertz CT molecular complexity index is 451. The minimum Gasteiger partial charge on any atom is -0.492 e. The van der Waals surface area contributed by atoms with E-state index >= 15 is 0 Å². The number of carbonyl (C=O) groups excluding carboxylic acids is 1. The van der Waals surface area contributed by atoms with E-state index in [9.17, 15) is 4.79 Å². The number of nitrogen functional groups attached to an aromatic ring is 1. The quantitative estimate of drug-likeness (QED) is 0.633. The topological polar surface area (TPSA) is 55.6 Å². The van der Waals surface area contributed by atoms with E-state index in [2.05, 4.69) is 0 Å². The zero-order valence-corrected chi connectivity index (χ0v) is 11.8. The zero-order chi connectivity index (χ0) is 14.3. The minimum atomic E-state index is 0.0115. The Hall–Kier alpha value is -1.97. The lowest BCUT2D eigenvalue weighted by Crippen LogP contribution is -2.28. The van der Waals surface area contributed by atoms with Crippen LogP contribution in [-0.2, 0) is 4.79 Å². The number of rotatable bonds is 6. The van der Waals surface area contributed by atoms with Crippen LogP contribution in [0.25, 0.3) is 6.08 Å². The van der Waals surface area contributed by atoms with Gasteiger partial charge in [0.25, 0.3) is 0 Å². The maximum absolute atomic E-state index is 11.8. The standard InChI is InChI=1S/C15H22N2O2/c1-4-17(5-2)15(18)10-8-12-7-9-14(19-6-3)13(16)11-12/h7-11H,4-6,16H2,1-3H3/b10-8-. The van der Waals surface area contributed by atoms with Gasteiger partial charge < -0.3 is 15.4 Å². The zero-order valence-electron chi connectivity index (χ0n) is 11.8. The van der Waals surface area contributed by atoms with E-state index in [1.165, 1.54) is 0 Å². The van der Waals surface area contributed by atoms with Crippen LogP contribution in [0.15, 0.2) is 24.3 Å². The molecule has 4 heteroatoms. The van der Waals surface area contributed by atoms with Crippen LogP contribution in [0.2, 0.25) is 0 Å². The summed E-state index contributed by atoms with van der Waals surface area (Å²) >= 11 is 0. The lowest BCUT2D eigenvalue weighted by molar-refractivity contribution is -0.125. The van der Waals surface area contributed by atoms with Gasteiger partial charge in [-0.05, 0) is 44.5 Å². The maximum Gasteiger partial charge on any atom is 0.246 e. The van der Waals surface area contributed by atoms with E-state index in [0.717, 1.165) is 5.56 Å². The van der Waals surface area contributed by atoms with Gasteiger partial charge in [0, 0.05) is 19.2 Å². The van der Waals surface area contributed by atoms with Crippen molar-refractivity contribution in [3.05, 3.63) is 29.8 Å².